The number of aryl methyl sites for hydroxylation is 1. The van der Waals surface area contributed by atoms with Gasteiger partial charge in [0.25, 0.3) is 11.8 Å². The molecule has 2 amide bonds. The van der Waals surface area contributed by atoms with Crippen molar-refractivity contribution >= 4 is 11.8 Å². The van der Waals surface area contributed by atoms with Crippen LogP contribution >= 0.6 is 0 Å². The van der Waals surface area contributed by atoms with Gasteiger partial charge in [-0.1, -0.05) is 5.16 Å². The maximum Gasteiger partial charge on any atom is 0.276 e. The Bertz CT molecular complexity index is 870. The van der Waals surface area contributed by atoms with Gasteiger partial charge in [0.1, 0.15) is 18.1 Å². The Hall–Kier alpha value is -2.83. The summed E-state index contributed by atoms with van der Waals surface area (Å²) in [5.74, 6) is 1.15. The first-order valence-electron chi connectivity index (χ1n) is 9.32. The van der Waals surface area contributed by atoms with Crippen LogP contribution in [0.15, 0.2) is 28.8 Å². The summed E-state index contributed by atoms with van der Waals surface area (Å²) < 4.78 is 10.9. The average molecular weight is 369 g/mol. The third-order valence-corrected chi connectivity index (χ3v) is 5.16. The van der Waals surface area contributed by atoms with E-state index in [2.05, 4.69) is 5.16 Å². The molecule has 2 aliphatic rings. The molecular weight excluding hydrogens is 346 g/mol. The van der Waals surface area contributed by atoms with Crippen LogP contribution in [0.5, 0.6) is 5.75 Å². The van der Waals surface area contributed by atoms with Crippen molar-refractivity contribution in [2.45, 2.75) is 39.3 Å². The van der Waals surface area contributed by atoms with Crippen molar-refractivity contribution in [2.24, 2.45) is 0 Å². The van der Waals surface area contributed by atoms with Crippen molar-refractivity contribution < 1.29 is 18.8 Å². The standard InChI is InChI=1S/C20H23N3O4/c1-13-12-26-18-6-5-15(19(24)22-7-3-4-8-22)10-16(18)11-23(13)20(25)17-9-14(2)27-21-17/h5-6,9-10,13H,3-4,7-8,11-12H2,1-2H3/t13-/m0/s1. The number of likely N-dealkylation sites (tertiary alicyclic amines) is 1. The fourth-order valence-corrected chi connectivity index (χ4v) is 3.61. The van der Waals surface area contributed by atoms with Gasteiger partial charge in [-0.25, -0.2) is 0 Å². The molecule has 4 rings (SSSR count). The third-order valence-electron chi connectivity index (χ3n) is 5.16. The Morgan fingerprint density at radius 3 is 2.63 bits per heavy atom. The molecule has 142 valence electrons. The smallest absolute Gasteiger partial charge is 0.276 e. The zero-order chi connectivity index (χ0) is 19.0. The van der Waals surface area contributed by atoms with Crippen LogP contribution in [0.4, 0.5) is 0 Å². The van der Waals surface area contributed by atoms with Crippen LogP contribution in [0.3, 0.4) is 0 Å². The minimum absolute atomic E-state index is 0.0394. The van der Waals surface area contributed by atoms with Gasteiger partial charge in [-0.15, -0.1) is 0 Å². The summed E-state index contributed by atoms with van der Waals surface area (Å²) >= 11 is 0. The van der Waals surface area contributed by atoms with Crippen LogP contribution in [-0.2, 0) is 6.54 Å². The van der Waals surface area contributed by atoms with E-state index in [-0.39, 0.29) is 23.6 Å². The molecule has 0 saturated carbocycles. The summed E-state index contributed by atoms with van der Waals surface area (Å²) in [7, 11) is 0. The van der Waals surface area contributed by atoms with E-state index < -0.39 is 0 Å². The van der Waals surface area contributed by atoms with Gasteiger partial charge >= 0.3 is 0 Å². The number of fused-ring (bicyclic) bond motifs is 1. The highest BCUT2D eigenvalue weighted by atomic mass is 16.5. The molecular formula is C20H23N3O4. The first-order chi connectivity index (χ1) is 13.0. The number of hydrogen-bond acceptors (Lipinski definition) is 5. The Kier molecular flexibility index (Phi) is 4.59. The van der Waals surface area contributed by atoms with E-state index >= 15 is 0 Å². The van der Waals surface area contributed by atoms with Crippen molar-refractivity contribution in [2.75, 3.05) is 19.7 Å². The number of ether oxygens (including phenoxy) is 1. The number of nitrogens with zero attached hydrogens (tertiary/aromatic N) is 3. The van der Waals surface area contributed by atoms with Crippen molar-refractivity contribution in [3.8, 4) is 5.75 Å². The van der Waals surface area contributed by atoms with Gasteiger partial charge in [0.15, 0.2) is 5.69 Å². The van der Waals surface area contributed by atoms with Gasteiger partial charge in [0, 0.05) is 30.3 Å². The molecule has 0 spiro atoms. The second-order valence-corrected chi connectivity index (χ2v) is 7.24. The Morgan fingerprint density at radius 1 is 1.15 bits per heavy atom. The molecule has 0 N–H and O–H groups in total. The quantitative estimate of drug-likeness (QED) is 0.813. The van der Waals surface area contributed by atoms with Crippen molar-refractivity contribution in [1.82, 2.24) is 15.0 Å². The van der Waals surface area contributed by atoms with E-state index in [9.17, 15) is 9.59 Å². The molecule has 1 atom stereocenters. The van der Waals surface area contributed by atoms with Gasteiger partial charge < -0.3 is 19.1 Å². The van der Waals surface area contributed by atoms with E-state index in [1.807, 2.05) is 30.0 Å². The molecule has 3 heterocycles. The Morgan fingerprint density at radius 2 is 1.93 bits per heavy atom. The van der Waals surface area contributed by atoms with Gasteiger partial charge in [-0.05, 0) is 44.9 Å². The van der Waals surface area contributed by atoms with Gasteiger partial charge in [0.05, 0.1) is 12.6 Å². The Labute approximate surface area is 157 Å². The number of hydrogen-bond donors (Lipinski definition) is 0. The summed E-state index contributed by atoms with van der Waals surface area (Å²) in [6.45, 7) is 6.05. The molecule has 27 heavy (non-hydrogen) atoms. The average Bonchev–Trinajstić information content (AvgIpc) is 3.32. The van der Waals surface area contributed by atoms with E-state index in [4.69, 9.17) is 9.26 Å². The summed E-state index contributed by atoms with van der Waals surface area (Å²) in [5, 5.41) is 3.84. The fraction of sp³-hybridized carbons (Fsp3) is 0.450. The largest absolute Gasteiger partial charge is 0.491 e. The number of carbonyl (C=O) groups is 2. The minimum atomic E-state index is -0.202. The molecule has 0 unspecified atom stereocenters. The maximum absolute atomic E-state index is 12.9. The Balaban J connectivity index is 1.61. The summed E-state index contributed by atoms with van der Waals surface area (Å²) in [5.41, 5.74) is 1.75. The highest BCUT2D eigenvalue weighted by Crippen LogP contribution is 2.28. The predicted molar refractivity (Wildman–Crippen MR) is 97.7 cm³/mol. The number of rotatable bonds is 2. The third kappa shape index (κ3) is 3.41. The minimum Gasteiger partial charge on any atom is -0.491 e. The van der Waals surface area contributed by atoms with Gasteiger partial charge in [0.2, 0.25) is 0 Å². The molecule has 1 aromatic heterocycles. The van der Waals surface area contributed by atoms with Gasteiger partial charge in [-0.3, -0.25) is 9.59 Å². The van der Waals surface area contributed by atoms with E-state index in [0.717, 1.165) is 31.5 Å². The lowest BCUT2D eigenvalue weighted by Crippen LogP contribution is -2.40. The first kappa shape index (κ1) is 17.6. The molecule has 1 saturated heterocycles. The maximum atomic E-state index is 12.9. The summed E-state index contributed by atoms with van der Waals surface area (Å²) in [6.07, 6.45) is 2.10. The lowest BCUT2D eigenvalue weighted by molar-refractivity contribution is 0.0635. The van der Waals surface area contributed by atoms with Crippen LogP contribution in [-0.4, -0.2) is 52.5 Å². The fourth-order valence-electron chi connectivity index (χ4n) is 3.61. The molecule has 2 aliphatic heterocycles. The topological polar surface area (TPSA) is 75.9 Å². The number of benzene rings is 1. The monoisotopic (exact) mass is 369 g/mol. The van der Waals surface area contributed by atoms with Crippen molar-refractivity contribution in [3.05, 3.63) is 46.8 Å². The zero-order valence-corrected chi connectivity index (χ0v) is 15.6. The molecule has 0 radical (unpaired) electrons. The van der Waals surface area contributed by atoms with Crippen molar-refractivity contribution in [1.29, 1.82) is 0 Å². The molecule has 2 aromatic rings. The molecule has 0 bridgehead atoms. The zero-order valence-electron chi connectivity index (χ0n) is 15.6. The van der Waals surface area contributed by atoms with Gasteiger partial charge in [-0.2, -0.15) is 0 Å². The molecule has 7 heteroatoms. The summed E-state index contributed by atoms with van der Waals surface area (Å²) in [6, 6.07) is 7.00. The molecule has 0 aliphatic carbocycles. The lowest BCUT2D eigenvalue weighted by atomic mass is 10.1. The predicted octanol–water partition coefficient (Wildman–Crippen LogP) is 2.64. The molecule has 7 nitrogen and oxygen atoms in total. The molecule has 1 fully saturated rings. The van der Waals surface area contributed by atoms with Crippen LogP contribution in [0, 0.1) is 6.92 Å². The number of carbonyl (C=O) groups excluding carboxylic acids is 2. The SMILES string of the molecule is Cc1cc(C(=O)N2Cc3cc(C(=O)N4CCCC4)ccc3OC[C@@H]2C)no1. The highest BCUT2D eigenvalue weighted by Gasteiger charge is 2.29. The molecule has 1 aromatic carbocycles. The van der Waals surface area contributed by atoms with Crippen LogP contribution < -0.4 is 4.74 Å². The second kappa shape index (κ2) is 7.06. The highest BCUT2D eigenvalue weighted by molar-refractivity contribution is 5.95. The number of amides is 2. The van der Waals surface area contributed by atoms with E-state index in [0.29, 0.717) is 30.2 Å². The summed E-state index contributed by atoms with van der Waals surface area (Å²) in [4.78, 5) is 29.2. The number of aromatic nitrogens is 1. The first-order valence-corrected chi connectivity index (χ1v) is 9.32. The van der Waals surface area contributed by atoms with Crippen LogP contribution in [0.25, 0.3) is 0 Å². The van der Waals surface area contributed by atoms with E-state index in [1.54, 1.807) is 17.9 Å². The van der Waals surface area contributed by atoms with Crippen molar-refractivity contribution in [3.63, 3.8) is 0 Å². The van der Waals surface area contributed by atoms with E-state index in [1.165, 1.54) is 0 Å². The normalized spacial score (nSPS) is 19.4. The van der Waals surface area contributed by atoms with Crippen LogP contribution in [0.2, 0.25) is 0 Å². The second-order valence-electron chi connectivity index (χ2n) is 7.24. The van der Waals surface area contributed by atoms with Crippen LogP contribution in [0.1, 0.15) is 51.9 Å². The lowest BCUT2D eigenvalue weighted by Gasteiger charge is -2.25.